The number of carbonyl (C=O) groups is 1. The summed E-state index contributed by atoms with van der Waals surface area (Å²) in [6.45, 7) is 2.10. The van der Waals surface area contributed by atoms with Gasteiger partial charge in [-0.15, -0.1) is 10.2 Å². The number of sulfone groups is 1. The summed E-state index contributed by atoms with van der Waals surface area (Å²) in [4.78, 5) is 15.2. The van der Waals surface area contributed by atoms with E-state index in [1.54, 1.807) is 4.90 Å². The highest BCUT2D eigenvalue weighted by molar-refractivity contribution is 7.91. The lowest BCUT2D eigenvalue weighted by Gasteiger charge is -2.26. The van der Waals surface area contributed by atoms with Crippen molar-refractivity contribution in [1.29, 1.82) is 0 Å². The molecular weight excluding hydrogens is 349 g/mol. The summed E-state index contributed by atoms with van der Waals surface area (Å²) >= 11 is 0. The second-order valence-corrected chi connectivity index (χ2v) is 8.12. The van der Waals surface area contributed by atoms with Gasteiger partial charge < -0.3 is 4.90 Å². The summed E-state index contributed by atoms with van der Waals surface area (Å²) in [5.41, 5.74) is 0.592. The van der Waals surface area contributed by atoms with Crippen LogP contribution in [0.3, 0.4) is 0 Å². The molecule has 134 valence electrons. The van der Waals surface area contributed by atoms with Crippen LogP contribution in [0.2, 0.25) is 0 Å². The van der Waals surface area contributed by atoms with E-state index in [2.05, 4.69) is 15.4 Å². The molecule has 2 aromatic rings. The zero-order chi connectivity index (χ0) is 18.0. The lowest BCUT2D eigenvalue weighted by Crippen LogP contribution is -2.42. The molecule has 1 unspecified atom stereocenters. The summed E-state index contributed by atoms with van der Waals surface area (Å²) in [5.74, 6) is -0.223. The van der Waals surface area contributed by atoms with Crippen molar-refractivity contribution in [2.75, 3.05) is 18.1 Å². The van der Waals surface area contributed by atoms with Crippen molar-refractivity contribution >= 4 is 15.7 Å². The first-order chi connectivity index (χ1) is 11.9. The van der Waals surface area contributed by atoms with Crippen molar-refractivity contribution in [1.82, 2.24) is 25.1 Å². The fraction of sp³-hybridized carbons (Fsp3) is 0.467. The summed E-state index contributed by atoms with van der Waals surface area (Å²) in [6.07, 6.45) is 0.452. The molecular formula is C15H18FN5O3S. The number of hydrogen-bond donors (Lipinski definition) is 0. The van der Waals surface area contributed by atoms with E-state index in [4.69, 9.17) is 0 Å². The Morgan fingerprint density at radius 2 is 2.08 bits per heavy atom. The largest absolute Gasteiger partial charge is 0.337 e. The van der Waals surface area contributed by atoms with E-state index < -0.39 is 9.84 Å². The lowest BCUT2D eigenvalue weighted by atomic mass is 10.2. The van der Waals surface area contributed by atoms with E-state index in [1.165, 1.54) is 24.3 Å². The number of rotatable bonds is 5. The van der Waals surface area contributed by atoms with Crippen LogP contribution in [0.4, 0.5) is 4.39 Å². The highest BCUT2D eigenvalue weighted by Crippen LogP contribution is 2.18. The van der Waals surface area contributed by atoms with Crippen LogP contribution in [0.15, 0.2) is 24.3 Å². The number of likely N-dealkylation sites (N-methyl/N-ethyl adjacent to an activating group) is 1. The minimum Gasteiger partial charge on any atom is -0.337 e. The van der Waals surface area contributed by atoms with Gasteiger partial charge in [0.1, 0.15) is 12.4 Å². The van der Waals surface area contributed by atoms with Crippen LogP contribution in [-0.2, 0) is 21.2 Å². The summed E-state index contributed by atoms with van der Waals surface area (Å²) < 4.78 is 36.2. The van der Waals surface area contributed by atoms with Gasteiger partial charge >= 0.3 is 0 Å². The number of carbonyl (C=O) groups excluding carboxylic acids is 1. The molecule has 1 amide bonds. The van der Waals surface area contributed by atoms with Gasteiger partial charge in [-0.05, 0) is 42.8 Å². The number of aromatic nitrogens is 4. The molecule has 0 aliphatic carbocycles. The first kappa shape index (κ1) is 17.5. The van der Waals surface area contributed by atoms with E-state index >= 15 is 0 Å². The fourth-order valence-corrected chi connectivity index (χ4v) is 4.63. The second-order valence-electron chi connectivity index (χ2n) is 5.89. The normalized spacial score (nSPS) is 19.0. The molecule has 8 nitrogen and oxygen atoms in total. The second kappa shape index (κ2) is 6.87. The number of halogens is 1. The molecule has 1 atom stereocenters. The predicted octanol–water partition coefficient (Wildman–Crippen LogP) is 0.515. The van der Waals surface area contributed by atoms with Crippen LogP contribution < -0.4 is 0 Å². The summed E-state index contributed by atoms with van der Waals surface area (Å²) in [5, 5.41) is 11.8. The molecule has 1 fully saturated rings. The highest BCUT2D eigenvalue weighted by Gasteiger charge is 2.34. The van der Waals surface area contributed by atoms with Crippen molar-refractivity contribution in [2.45, 2.75) is 25.9 Å². The number of benzene rings is 1. The number of tetrazole rings is 1. The zero-order valence-electron chi connectivity index (χ0n) is 13.7. The molecule has 0 bridgehead atoms. The van der Waals surface area contributed by atoms with Crippen molar-refractivity contribution in [3.05, 3.63) is 30.1 Å². The molecule has 0 spiro atoms. The SMILES string of the molecule is CCN(C(=O)Cn1nnc(-c2ccc(F)cc2)n1)C1CCS(=O)(=O)C1. The first-order valence-corrected chi connectivity index (χ1v) is 9.74. The molecule has 2 heterocycles. The molecule has 0 saturated carbocycles. The zero-order valence-corrected chi connectivity index (χ0v) is 14.5. The van der Waals surface area contributed by atoms with Crippen LogP contribution in [0, 0.1) is 5.82 Å². The van der Waals surface area contributed by atoms with Crippen LogP contribution in [0.5, 0.6) is 0 Å². The Labute approximate surface area is 144 Å². The molecule has 1 aliphatic rings. The van der Waals surface area contributed by atoms with Crippen molar-refractivity contribution < 1.29 is 17.6 Å². The van der Waals surface area contributed by atoms with Gasteiger partial charge in [0.05, 0.1) is 11.5 Å². The average molecular weight is 367 g/mol. The quantitative estimate of drug-likeness (QED) is 0.764. The Hall–Kier alpha value is -2.36. The maximum Gasteiger partial charge on any atom is 0.246 e. The Bertz CT molecular complexity index is 866. The van der Waals surface area contributed by atoms with Gasteiger partial charge in [-0.2, -0.15) is 4.80 Å². The van der Waals surface area contributed by atoms with Gasteiger partial charge in [-0.25, -0.2) is 12.8 Å². The molecule has 1 aromatic carbocycles. The monoisotopic (exact) mass is 367 g/mol. The molecule has 1 saturated heterocycles. The molecule has 0 radical (unpaired) electrons. The topological polar surface area (TPSA) is 98.1 Å². The maximum atomic E-state index is 13.0. The Balaban J connectivity index is 1.69. The van der Waals surface area contributed by atoms with E-state index in [9.17, 15) is 17.6 Å². The van der Waals surface area contributed by atoms with Crippen molar-refractivity contribution in [3.8, 4) is 11.4 Å². The maximum absolute atomic E-state index is 13.0. The third-order valence-electron chi connectivity index (χ3n) is 4.14. The lowest BCUT2D eigenvalue weighted by molar-refractivity contribution is -0.133. The molecule has 10 heteroatoms. The minimum atomic E-state index is -3.07. The Morgan fingerprint density at radius 3 is 2.68 bits per heavy atom. The van der Waals surface area contributed by atoms with Crippen LogP contribution in [0.25, 0.3) is 11.4 Å². The third-order valence-corrected chi connectivity index (χ3v) is 5.89. The van der Waals surface area contributed by atoms with E-state index in [0.29, 0.717) is 24.4 Å². The molecule has 25 heavy (non-hydrogen) atoms. The highest BCUT2D eigenvalue weighted by atomic mass is 32.2. The standard InChI is InChI=1S/C15H18FN5O3S/c1-2-20(13-7-8-25(23,24)10-13)14(22)9-21-18-15(17-19-21)11-3-5-12(16)6-4-11/h3-6,13H,2,7-10H2,1H3. The van der Waals surface area contributed by atoms with Gasteiger partial charge in [0, 0.05) is 18.2 Å². The summed E-state index contributed by atoms with van der Waals surface area (Å²) in [6, 6.07) is 5.34. The number of hydrogen-bond acceptors (Lipinski definition) is 6. The van der Waals surface area contributed by atoms with Crippen LogP contribution >= 0.6 is 0 Å². The predicted molar refractivity (Wildman–Crippen MR) is 87.7 cm³/mol. The first-order valence-electron chi connectivity index (χ1n) is 7.91. The van der Waals surface area contributed by atoms with Crippen molar-refractivity contribution in [3.63, 3.8) is 0 Å². The third kappa shape index (κ3) is 4.01. The number of nitrogens with zero attached hydrogens (tertiary/aromatic N) is 5. The number of amides is 1. The van der Waals surface area contributed by atoms with Gasteiger partial charge in [0.25, 0.3) is 0 Å². The van der Waals surface area contributed by atoms with Gasteiger partial charge in [0.2, 0.25) is 11.7 Å². The smallest absolute Gasteiger partial charge is 0.246 e. The van der Waals surface area contributed by atoms with Gasteiger partial charge in [-0.3, -0.25) is 4.79 Å². The van der Waals surface area contributed by atoms with Crippen LogP contribution in [-0.4, -0.2) is 63.5 Å². The summed E-state index contributed by atoms with van der Waals surface area (Å²) in [7, 11) is -3.07. The molecule has 0 N–H and O–H groups in total. The average Bonchev–Trinajstić information content (AvgIpc) is 3.15. The van der Waals surface area contributed by atoms with E-state index in [0.717, 1.165) is 4.80 Å². The van der Waals surface area contributed by atoms with E-state index in [1.807, 2.05) is 6.92 Å². The Kier molecular flexibility index (Phi) is 4.80. The van der Waals surface area contributed by atoms with E-state index in [-0.39, 0.29) is 35.8 Å². The van der Waals surface area contributed by atoms with Gasteiger partial charge in [-0.1, -0.05) is 0 Å². The Morgan fingerprint density at radius 1 is 1.36 bits per heavy atom. The molecule has 1 aliphatic heterocycles. The van der Waals surface area contributed by atoms with Gasteiger partial charge in [0.15, 0.2) is 9.84 Å². The molecule has 1 aromatic heterocycles. The molecule has 3 rings (SSSR count). The van der Waals surface area contributed by atoms with Crippen LogP contribution in [0.1, 0.15) is 13.3 Å². The minimum absolute atomic E-state index is 0.00179. The van der Waals surface area contributed by atoms with Crippen molar-refractivity contribution in [2.24, 2.45) is 0 Å². The fourth-order valence-electron chi connectivity index (χ4n) is 2.90.